The molecule has 2 aromatic carbocycles. The summed E-state index contributed by atoms with van der Waals surface area (Å²) in [5.74, 6) is -0.209. The van der Waals surface area contributed by atoms with E-state index >= 15 is 0 Å². The molecule has 0 saturated carbocycles. The Bertz CT molecular complexity index is 1260. The van der Waals surface area contributed by atoms with Crippen molar-refractivity contribution in [3.05, 3.63) is 58.6 Å². The van der Waals surface area contributed by atoms with Crippen LogP contribution in [-0.2, 0) is 25.6 Å². The third-order valence-electron chi connectivity index (χ3n) is 4.93. The molecule has 3 rings (SSSR count). The summed E-state index contributed by atoms with van der Waals surface area (Å²) in [5, 5.41) is 2.71. The van der Waals surface area contributed by atoms with E-state index in [1.807, 2.05) is 39.0 Å². The highest BCUT2D eigenvalue weighted by atomic mass is 32.2. The second kappa shape index (κ2) is 11.0. The lowest BCUT2D eigenvalue weighted by atomic mass is 10.1. The van der Waals surface area contributed by atoms with Gasteiger partial charge < -0.3 is 4.74 Å². The molecule has 1 aromatic heterocycles. The number of carbonyl (C=O) groups excluding carboxylic acids is 1. The predicted molar refractivity (Wildman–Crippen MR) is 138 cm³/mol. The zero-order valence-electron chi connectivity index (χ0n) is 21.0. The number of fused-ring (bicyclic) bond motifs is 1. The maximum atomic E-state index is 12.6. The number of rotatable bonds is 9. The van der Waals surface area contributed by atoms with Gasteiger partial charge in [-0.05, 0) is 70.4 Å². The third-order valence-corrected chi connectivity index (χ3v) is 7.16. The van der Waals surface area contributed by atoms with Gasteiger partial charge in [0.2, 0.25) is 0 Å². The van der Waals surface area contributed by atoms with Crippen molar-refractivity contribution in [2.45, 2.75) is 58.6 Å². The Hall–Kier alpha value is -2.53. The summed E-state index contributed by atoms with van der Waals surface area (Å²) in [6, 6.07) is 12.5. The highest BCUT2D eigenvalue weighted by Gasteiger charge is 2.22. The van der Waals surface area contributed by atoms with E-state index < -0.39 is 21.8 Å². The molecule has 0 bridgehead atoms. The molecule has 3 aromatic rings. The van der Waals surface area contributed by atoms with Crippen LogP contribution in [-0.4, -0.2) is 43.3 Å². The van der Waals surface area contributed by atoms with Gasteiger partial charge in [0.25, 0.3) is 10.1 Å². The van der Waals surface area contributed by atoms with Gasteiger partial charge in [0, 0.05) is 13.1 Å². The highest BCUT2D eigenvalue weighted by Crippen LogP contribution is 2.23. The van der Waals surface area contributed by atoms with Gasteiger partial charge >= 0.3 is 6.09 Å². The van der Waals surface area contributed by atoms with E-state index in [0.717, 1.165) is 26.4 Å². The van der Waals surface area contributed by atoms with Crippen molar-refractivity contribution in [3.8, 4) is 0 Å². The van der Waals surface area contributed by atoms with E-state index in [4.69, 9.17) is 8.92 Å². The average Bonchev–Trinajstić information content (AvgIpc) is 3.10. The maximum absolute atomic E-state index is 12.6. The van der Waals surface area contributed by atoms with Crippen LogP contribution in [0.4, 0.5) is 4.79 Å². The number of aryl methyl sites for hydroxylation is 2. The fourth-order valence-corrected chi connectivity index (χ4v) is 5.30. The quantitative estimate of drug-likeness (QED) is 0.307. The van der Waals surface area contributed by atoms with Crippen LogP contribution in [0.3, 0.4) is 0 Å². The number of nitrogens with one attached hydrogen (secondary N) is 1. The zero-order valence-corrected chi connectivity index (χ0v) is 22.6. The molecular formula is C25H33N3O5S2. The van der Waals surface area contributed by atoms with E-state index in [-0.39, 0.29) is 17.4 Å². The van der Waals surface area contributed by atoms with Crippen molar-refractivity contribution in [3.63, 3.8) is 0 Å². The van der Waals surface area contributed by atoms with Crippen LogP contribution in [0.1, 0.15) is 43.8 Å². The van der Waals surface area contributed by atoms with Crippen LogP contribution in [0.5, 0.6) is 0 Å². The van der Waals surface area contributed by atoms with Gasteiger partial charge in [0.1, 0.15) is 5.60 Å². The molecule has 190 valence electrons. The molecule has 0 radical (unpaired) electrons. The lowest BCUT2D eigenvalue weighted by Crippen LogP contribution is -2.46. The van der Waals surface area contributed by atoms with Crippen LogP contribution < -0.4 is 5.43 Å². The number of carbonyl (C=O) groups is 1. The standard InChI is InChI=1S/C25H33N3O5S2/c1-17-7-10-21(11-8-17)35(30,31)32-16-18(2)14-28(27-24(29)33-25(4,5)6)15-20-9-12-22-23(13-20)34-19(3)26-22/h7-13,18H,14-16H2,1-6H3,(H,27,29). The SMILES string of the molecule is Cc1ccc(S(=O)(=O)OCC(C)CN(Cc2ccc3nc(C)sc3c2)NC(=O)OC(C)(C)C)cc1. The summed E-state index contributed by atoms with van der Waals surface area (Å²) < 4.78 is 36.9. The summed E-state index contributed by atoms with van der Waals surface area (Å²) in [6.07, 6.45) is -0.576. The first-order valence-corrected chi connectivity index (χ1v) is 13.6. The molecule has 8 nitrogen and oxygen atoms in total. The molecule has 1 heterocycles. The van der Waals surface area contributed by atoms with Crippen molar-refractivity contribution < 1.29 is 22.1 Å². The zero-order chi connectivity index (χ0) is 25.8. The molecule has 1 amide bonds. The Morgan fingerprint density at radius 1 is 1.14 bits per heavy atom. The average molecular weight is 520 g/mol. The van der Waals surface area contributed by atoms with E-state index in [1.165, 1.54) is 12.1 Å². The molecule has 10 heteroatoms. The first-order chi connectivity index (χ1) is 16.3. The number of thiazole rings is 1. The summed E-state index contributed by atoms with van der Waals surface area (Å²) in [4.78, 5) is 17.1. The number of aromatic nitrogens is 1. The molecule has 0 aliphatic rings. The Kier molecular flexibility index (Phi) is 8.53. The number of benzene rings is 2. The van der Waals surface area contributed by atoms with E-state index in [2.05, 4.69) is 10.4 Å². The smallest absolute Gasteiger partial charge is 0.422 e. The molecule has 1 atom stereocenters. The van der Waals surface area contributed by atoms with Gasteiger partial charge in [-0.3, -0.25) is 9.61 Å². The molecular weight excluding hydrogens is 486 g/mol. The second-order valence-electron chi connectivity index (χ2n) is 9.69. The highest BCUT2D eigenvalue weighted by molar-refractivity contribution is 7.86. The van der Waals surface area contributed by atoms with Crippen molar-refractivity contribution in [1.82, 2.24) is 15.4 Å². The van der Waals surface area contributed by atoms with Crippen LogP contribution in [0, 0.1) is 19.8 Å². The molecule has 35 heavy (non-hydrogen) atoms. The first-order valence-electron chi connectivity index (χ1n) is 11.4. The van der Waals surface area contributed by atoms with Gasteiger partial charge in [-0.1, -0.05) is 30.7 Å². The number of nitrogens with zero attached hydrogens (tertiary/aromatic N) is 2. The monoisotopic (exact) mass is 519 g/mol. The Labute approximate surface area is 211 Å². The Morgan fingerprint density at radius 3 is 2.49 bits per heavy atom. The number of hydrogen-bond acceptors (Lipinski definition) is 8. The summed E-state index contributed by atoms with van der Waals surface area (Å²) in [5.41, 5.74) is 5.03. The van der Waals surface area contributed by atoms with Gasteiger partial charge in [-0.2, -0.15) is 8.42 Å². The van der Waals surface area contributed by atoms with Crippen molar-refractivity contribution in [1.29, 1.82) is 0 Å². The number of hydrazine groups is 1. The van der Waals surface area contributed by atoms with Gasteiger partial charge in [0.05, 0.1) is 26.7 Å². The van der Waals surface area contributed by atoms with E-state index in [9.17, 15) is 13.2 Å². The molecule has 0 fully saturated rings. The van der Waals surface area contributed by atoms with Crippen LogP contribution >= 0.6 is 11.3 Å². The Morgan fingerprint density at radius 2 is 1.83 bits per heavy atom. The lowest BCUT2D eigenvalue weighted by molar-refractivity contribution is 0.0276. The minimum Gasteiger partial charge on any atom is -0.443 e. The van der Waals surface area contributed by atoms with E-state index in [1.54, 1.807) is 49.2 Å². The Balaban J connectivity index is 1.69. The minimum atomic E-state index is -3.87. The molecule has 1 unspecified atom stereocenters. The first kappa shape index (κ1) is 27.1. The summed E-state index contributed by atoms with van der Waals surface area (Å²) in [7, 11) is -3.87. The van der Waals surface area contributed by atoms with E-state index in [0.29, 0.717) is 13.1 Å². The number of ether oxygens (including phenoxy) is 1. The van der Waals surface area contributed by atoms with Crippen LogP contribution in [0.2, 0.25) is 0 Å². The predicted octanol–water partition coefficient (Wildman–Crippen LogP) is 5.20. The van der Waals surface area contributed by atoms with Gasteiger partial charge in [-0.15, -0.1) is 11.3 Å². The fourth-order valence-electron chi connectivity index (χ4n) is 3.39. The van der Waals surface area contributed by atoms with Crippen molar-refractivity contribution >= 4 is 37.8 Å². The summed E-state index contributed by atoms with van der Waals surface area (Å²) >= 11 is 1.61. The van der Waals surface area contributed by atoms with Crippen molar-refractivity contribution in [2.24, 2.45) is 5.92 Å². The largest absolute Gasteiger partial charge is 0.443 e. The van der Waals surface area contributed by atoms with Gasteiger partial charge in [-0.25, -0.2) is 14.8 Å². The number of amides is 1. The minimum absolute atomic E-state index is 0.0320. The molecule has 0 spiro atoms. The second-order valence-corrected chi connectivity index (χ2v) is 12.5. The van der Waals surface area contributed by atoms with Crippen LogP contribution in [0.25, 0.3) is 10.2 Å². The molecule has 0 aliphatic heterocycles. The van der Waals surface area contributed by atoms with Crippen LogP contribution in [0.15, 0.2) is 47.4 Å². The fraction of sp³-hybridized carbons (Fsp3) is 0.440. The molecule has 1 N–H and O–H groups in total. The maximum Gasteiger partial charge on any atom is 0.422 e. The molecule has 0 saturated heterocycles. The summed E-state index contributed by atoms with van der Waals surface area (Å²) in [6.45, 7) is 11.8. The van der Waals surface area contributed by atoms with Crippen molar-refractivity contribution in [2.75, 3.05) is 13.2 Å². The third kappa shape index (κ3) is 8.28. The molecule has 0 aliphatic carbocycles. The van der Waals surface area contributed by atoms with Gasteiger partial charge in [0.15, 0.2) is 0 Å². The normalized spacial score (nSPS) is 13.2. The number of hydrogen-bond donors (Lipinski definition) is 1. The lowest BCUT2D eigenvalue weighted by Gasteiger charge is -2.28. The topological polar surface area (TPSA) is 97.8 Å².